The minimum atomic E-state index is -0.180. The zero-order chi connectivity index (χ0) is 18.9. The fraction of sp³-hybridized carbons (Fsp3) is 0.632. The molecule has 1 aliphatic heterocycles. The zero-order valence-corrected chi connectivity index (χ0v) is 21.8. The molecular weight excluding hydrogens is 655 g/mol. The first-order valence-electron chi connectivity index (χ1n) is 8.69. The van der Waals surface area contributed by atoms with Crippen LogP contribution in [0.1, 0.15) is 50.9 Å². The van der Waals surface area contributed by atoms with Crippen LogP contribution in [0.15, 0.2) is 12.1 Å². The highest BCUT2D eigenvalue weighted by molar-refractivity contribution is 14.1. The van der Waals surface area contributed by atoms with E-state index >= 15 is 0 Å². The van der Waals surface area contributed by atoms with Gasteiger partial charge in [-0.3, -0.25) is 4.90 Å². The first kappa shape index (κ1) is 22.1. The first-order valence-corrected chi connectivity index (χ1v) is 11.9. The molecule has 2 rings (SSSR count). The lowest BCUT2D eigenvalue weighted by atomic mass is 9.83. The minimum Gasteiger partial charge on any atom is -0.459 e. The Kier molecular flexibility index (Phi) is 8.29. The molecule has 0 N–H and O–H groups in total. The Morgan fingerprint density at radius 3 is 2.08 bits per heavy atom. The van der Waals surface area contributed by atoms with Crippen molar-refractivity contribution in [3.05, 3.63) is 28.4 Å². The van der Waals surface area contributed by atoms with Gasteiger partial charge in [0, 0.05) is 35.6 Å². The number of likely N-dealkylation sites (tertiary alicyclic amines) is 1. The molecule has 0 radical (unpaired) electrons. The van der Waals surface area contributed by atoms with Crippen LogP contribution in [0.5, 0.6) is 0 Å². The number of nitrogens with zero attached hydrogens (tertiary/aromatic N) is 1. The van der Waals surface area contributed by atoms with Crippen LogP contribution in [0.25, 0.3) is 0 Å². The summed E-state index contributed by atoms with van der Waals surface area (Å²) in [4.78, 5) is 15.3. The number of esters is 1. The molecule has 0 bridgehead atoms. The molecular formula is C19H26I3NO2. The third-order valence-electron chi connectivity index (χ3n) is 5.08. The Bertz CT molecular complexity index is 615. The second kappa shape index (κ2) is 9.36. The predicted molar refractivity (Wildman–Crippen MR) is 128 cm³/mol. The number of carbonyl (C=O) groups excluding carboxylic acids is 1. The van der Waals surface area contributed by atoms with E-state index in [0.717, 1.165) is 23.6 Å². The fourth-order valence-corrected chi connectivity index (χ4v) is 6.09. The van der Waals surface area contributed by atoms with Gasteiger partial charge in [0.05, 0.1) is 5.56 Å². The van der Waals surface area contributed by atoms with Crippen molar-refractivity contribution in [3.63, 3.8) is 0 Å². The predicted octanol–water partition coefficient (Wildman–Crippen LogP) is 5.80. The maximum atomic E-state index is 12.8. The monoisotopic (exact) mass is 681 g/mol. The SMILES string of the molecule is CC(C)C1CC(OC(=O)c2cc(I)cc(I)c2I)CC(C(C)C)N1C. The average Bonchev–Trinajstić information content (AvgIpc) is 2.51. The summed E-state index contributed by atoms with van der Waals surface area (Å²) in [6.07, 6.45) is 1.83. The van der Waals surface area contributed by atoms with Crippen molar-refractivity contribution in [2.24, 2.45) is 11.8 Å². The zero-order valence-electron chi connectivity index (χ0n) is 15.4. The van der Waals surface area contributed by atoms with E-state index in [1.165, 1.54) is 0 Å². The molecule has 1 heterocycles. The highest BCUT2D eigenvalue weighted by Crippen LogP contribution is 2.32. The van der Waals surface area contributed by atoms with Gasteiger partial charge in [-0.1, -0.05) is 27.7 Å². The Labute approximate surface area is 192 Å². The lowest BCUT2D eigenvalue weighted by molar-refractivity contribution is -0.0357. The Morgan fingerprint density at radius 1 is 1.08 bits per heavy atom. The summed E-state index contributed by atoms with van der Waals surface area (Å²) in [5, 5.41) is 0. The third kappa shape index (κ3) is 5.43. The van der Waals surface area contributed by atoms with Crippen LogP contribution in [-0.4, -0.2) is 36.1 Å². The lowest BCUT2D eigenvalue weighted by Gasteiger charge is -2.46. The number of hydrogen-bond donors (Lipinski definition) is 0. The third-order valence-corrected chi connectivity index (χ3v) is 8.75. The van der Waals surface area contributed by atoms with E-state index in [4.69, 9.17) is 4.74 Å². The molecule has 0 aliphatic carbocycles. The molecule has 25 heavy (non-hydrogen) atoms. The highest BCUT2D eigenvalue weighted by Gasteiger charge is 2.38. The summed E-state index contributed by atoms with van der Waals surface area (Å²) in [5.74, 6) is 0.915. The van der Waals surface area contributed by atoms with Crippen molar-refractivity contribution >= 4 is 73.7 Å². The topological polar surface area (TPSA) is 29.5 Å². The average molecular weight is 681 g/mol. The second-order valence-electron chi connectivity index (χ2n) is 7.54. The summed E-state index contributed by atoms with van der Waals surface area (Å²) in [7, 11) is 2.22. The Morgan fingerprint density at radius 2 is 1.60 bits per heavy atom. The molecule has 140 valence electrons. The standard InChI is InChI=1S/C19H26I3NO2/c1-10(2)16-8-13(9-17(11(3)4)23(16)5)25-19(24)14-6-12(20)7-15(21)18(14)22/h6-7,10-11,13,16-17H,8-9H2,1-5H3. The van der Waals surface area contributed by atoms with E-state index in [0.29, 0.717) is 29.5 Å². The summed E-state index contributed by atoms with van der Waals surface area (Å²) in [5.41, 5.74) is 0.693. The number of halogens is 3. The van der Waals surface area contributed by atoms with Gasteiger partial charge >= 0.3 is 5.97 Å². The van der Waals surface area contributed by atoms with E-state index in [1.54, 1.807) is 0 Å². The van der Waals surface area contributed by atoms with Gasteiger partial charge in [0.15, 0.2) is 0 Å². The molecule has 0 saturated carbocycles. The molecule has 1 saturated heterocycles. The lowest BCUT2D eigenvalue weighted by Crippen LogP contribution is -2.53. The molecule has 1 aromatic carbocycles. The van der Waals surface area contributed by atoms with E-state index < -0.39 is 0 Å². The van der Waals surface area contributed by atoms with Crippen molar-refractivity contribution in [2.45, 2.75) is 58.7 Å². The maximum Gasteiger partial charge on any atom is 0.339 e. The molecule has 2 unspecified atom stereocenters. The summed E-state index contributed by atoms with van der Waals surface area (Å²) in [6.45, 7) is 9.03. The molecule has 1 aromatic rings. The number of ether oxygens (including phenoxy) is 1. The quantitative estimate of drug-likeness (QED) is 0.229. The van der Waals surface area contributed by atoms with Gasteiger partial charge in [0.1, 0.15) is 6.10 Å². The van der Waals surface area contributed by atoms with Crippen molar-refractivity contribution in [1.29, 1.82) is 0 Å². The van der Waals surface area contributed by atoms with Gasteiger partial charge in [0.25, 0.3) is 0 Å². The normalized spacial score (nSPS) is 24.8. The van der Waals surface area contributed by atoms with E-state index in [-0.39, 0.29) is 12.1 Å². The van der Waals surface area contributed by atoms with Gasteiger partial charge in [0.2, 0.25) is 0 Å². The van der Waals surface area contributed by atoms with Crippen molar-refractivity contribution in [1.82, 2.24) is 4.90 Å². The molecule has 1 fully saturated rings. The van der Waals surface area contributed by atoms with Gasteiger partial charge in [-0.2, -0.15) is 0 Å². The fourth-order valence-electron chi connectivity index (χ4n) is 3.71. The number of piperidine rings is 1. The van der Waals surface area contributed by atoms with Gasteiger partial charge in [-0.05, 0) is 98.8 Å². The van der Waals surface area contributed by atoms with Crippen molar-refractivity contribution in [2.75, 3.05) is 7.05 Å². The molecule has 2 atom stereocenters. The number of rotatable bonds is 4. The minimum absolute atomic E-state index is 0.00479. The van der Waals surface area contributed by atoms with E-state index in [9.17, 15) is 4.79 Å². The van der Waals surface area contributed by atoms with Crippen molar-refractivity contribution in [3.8, 4) is 0 Å². The van der Waals surface area contributed by atoms with Gasteiger partial charge in [-0.15, -0.1) is 0 Å². The maximum absolute atomic E-state index is 12.8. The van der Waals surface area contributed by atoms with Crippen LogP contribution in [0.3, 0.4) is 0 Å². The molecule has 0 amide bonds. The molecule has 0 spiro atoms. The van der Waals surface area contributed by atoms with Gasteiger partial charge < -0.3 is 4.74 Å². The Balaban J connectivity index is 2.20. The number of carbonyl (C=O) groups is 1. The van der Waals surface area contributed by atoms with Crippen LogP contribution >= 0.6 is 67.8 Å². The Hall–Kier alpha value is 0.840. The van der Waals surface area contributed by atoms with Crippen LogP contribution < -0.4 is 0 Å². The smallest absolute Gasteiger partial charge is 0.339 e. The summed E-state index contributed by atoms with van der Waals surface area (Å²) >= 11 is 6.78. The second-order valence-corrected chi connectivity index (χ2v) is 11.0. The highest BCUT2D eigenvalue weighted by atomic mass is 127. The van der Waals surface area contributed by atoms with Crippen LogP contribution in [-0.2, 0) is 4.74 Å². The molecule has 3 nitrogen and oxygen atoms in total. The summed E-state index contributed by atoms with van der Waals surface area (Å²) < 4.78 is 9.15. The molecule has 1 aliphatic rings. The summed E-state index contributed by atoms with van der Waals surface area (Å²) in [6, 6.07) is 4.92. The largest absolute Gasteiger partial charge is 0.459 e. The van der Waals surface area contributed by atoms with Crippen LogP contribution in [0.2, 0.25) is 0 Å². The molecule has 6 heteroatoms. The van der Waals surface area contributed by atoms with Gasteiger partial charge in [-0.25, -0.2) is 4.79 Å². The van der Waals surface area contributed by atoms with Crippen LogP contribution in [0.4, 0.5) is 0 Å². The molecule has 0 aromatic heterocycles. The van der Waals surface area contributed by atoms with E-state index in [2.05, 4.69) is 113 Å². The van der Waals surface area contributed by atoms with Crippen molar-refractivity contribution < 1.29 is 9.53 Å². The van der Waals surface area contributed by atoms with E-state index in [1.807, 2.05) is 6.07 Å². The van der Waals surface area contributed by atoms with Crippen LogP contribution in [0, 0.1) is 22.5 Å². The number of hydrogen-bond acceptors (Lipinski definition) is 3. The number of benzene rings is 1. The first-order chi connectivity index (χ1) is 11.6.